The second kappa shape index (κ2) is 16.5. The van der Waals surface area contributed by atoms with Gasteiger partial charge in [-0.05, 0) is 137 Å². The molecule has 2 aliphatic rings. The number of aromatic hydroxyl groups is 1. The second-order valence-corrected chi connectivity index (χ2v) is 23.4. The molecule has 0 aliphatic carbocycles. The van der Waals surface area contributed by atoms with Crippen molar-refractivity contribution in [3.8, 4) is 67.8 Å². The lowest BCUT2D eigenvalue weighted by Gasteiger charge is -2.28. The number of para-hydroxylation sites is 2. The van der Waals surface area contributed by atoms with Gasteiger partial charge in [0, 0.05) is 21.9 Å². The quantitative estimate of drug-likeness (QED) is 0.133. The van der Waals surface area contributed by atoms with E-state index in [2.05, 4.69) is 238 Å². The lowest BCUT2D eigenvalue weighted by molar-refractivity contribution is 0.446. The van der Waals surface area contributed by atoms with Crippen LogP contribution in [0.25, 0.3) is 94.1 Å². The van der Waals surface area contributed by atoms with Gasteiger partial charge in [0.1, 0.15) is 23.1 Å². The van der Waals surface area contributed by atoms with Crippen molar-refractivity contribution in [3.63, 3.8) is 0 Å². The average Bonchev–Trinajstić information content (AvgIpc) is 3.95. The highest BCUT2D eigenvalue weighted by Crippen LogP contribution is 2.48. The maximum Gasteiger partial charge on any atom is 0.252 e. The molecule has 0 saturated carbocycles. The fraction of sp³-hybridized carbons (Fsp3) is 0.206. The lowest BCUT2D eigenvalue weighted by atomic mass is 9.38. The Morgan fingerprint density at radius 2 is 1.19 bits per heavy atom. The van der Waals surface area contributed by atoms with Gasteiger partial charge in [-0.3, -0.25) is 4.57 Å². The van der Waals surface area contributed by atoms with Gasteiger partial charge in [-0.25, -0.2) is 9.97 Å². The Morgan fingerprint density at radius 3 is 1.92 bits per heavy atom. The first-order valence-electron chi connectivity index (χ1n) is 26.4. The van der Waals surface area contributed by atoms with Crippen molar-refractivity contribution in [2.24, 2.45) is 0 Å². The molecule has 11 aromatic rings. The van der Waals surface area contributed by atoms with E-state index in [1.165, 1.54) is 65.9 Å². The summed E-state index contributed by atoms with van der Waals surface area (Å²) in [6.07, 6.45) is 0. The molecule has 1 N–H and O–H groups in total. The number of imidazole rings is 1. The molecule has 0 fully saturated rings. The third kappa shape index (κ3) is 6.90. The van der Waals surface area contributed by atoms with Crippen LogP contribution < -0.4 is 21.1 Å². The minimum absolute atomic E-state index is 0.0752. The number of fused-ring (bicyclic) bond motifs is 13. The summed E-state index contributed by atoms with van der Waals surface area (Å²) in [6, 6.07) is 59.3. The molecule has 13 rings (SSSR count). The van der Waals surface area contributed by atoms with Crippen LogP contribution in [0.5, 0.6) is 17.2 Å². The Kier molecular flexibility index (Phi) is 10.2. The summed E-state index contributed by atoms with van der Waals surface area (Å²) in [4.78, 5) is 11.6. The molecule has 9 aromatic carbocycles. The molecule has 2 aromatic heterocycles. The van der Waals surface area contributed by atoms with E-state index in [1.807, 2.05) is 0 Å². The van der Waals surface area contributed by atoms with E-state index >= 15 is 0 Å². The second-order valence-electron chi connectivity index (χ2n) is 23.4. The van der Waals surface area contributed by atoms with Gasteiger partial charge in [0.25, 0.3) is 6.71 Å². The first-order valence-corrected chi connectivity index (χ1v) is 26.4. The van der Waals surface area contributed by atoms with Gasteiger partial charge in [-0.1, -0.05) is 190 Å². The van der Waals surface area contributed by atoms with Gasteiger partial charge in [-0.2, -0.15) is 0 Å². The summed E-state index contributed by atoms with van der Waals surface area (Å²) in [5.41, 5.74) is 18.9. The fourth-order valence-electron chi connectivity index (χ4n) is 12.3. The van der Waals surface area contributed by atoms with Gasteiger partial charge >= 0.3 is 0 Å². The predicted molar refractivity (Wildman–Crippen MR) is 312 cm³/mol. The Balaban J connectivity index is 1.11. The Labute approximate surface area is 434 Å². The van der Waals surface area contributed by atoms with Crippen LogP contribution >= 0.6 is 0 Å². The summed E-state index contributed by atoms with van der Waals surface area (Å²) >= 11 is 0. The fourth-order valence-corrected chi connectivity index (χ4v) is 12.3. The van der Waals surface area contributed by atoms with Crippen LogP contribution in [-0.2, 0) is 10.8 Å². The molecule has 0 radical (unpaired) electrons. The van der Waals surface area contributed by atoms with Crippen molar-refractivity contribution in [2.45, 2.75) is 91.9 Å². The number of rotatable bonds is 6. The molecule has 6 heteroatoms. The molecule has 0 saturated heterocycles. The SMILES string of the molecule is CC(C)c1cc(-c2ccccc2)cc(C(C)C)c1-n1c(-c2cc(C(C)(C)C)cc(C(C)(C)C)c2O)nc2c(-c3ccc4c5ccccc5c5c6c(ccc5c4n3)B3c4ccccc4Oc4cccc-6c43)cccc21. The highest BCUT2D eigenvalue weighted by Gasteiger charge is 2.42. The minimum Gasteiger partial charge on any atom is -0.507 e. The molecule has 4 heterocycles. The Morgan fingerprint density at radius 1 is 0.527 bits per heavy atom. The molecule has 74 heavy (non-hydrogen) atoms. The van der Waals surface area contributed by atoms with Crippen molar-refractivity contribution >= 4 is 66.6 Å². The molecule has 5 nitrogen and oxygen atoms in total. The maximum atomic E-state index is 12.8. The van der Waals surface area contributed by atoms with Gasteiger partial charge in [0.05, 0.1) is 33.5 Å². The monoisotopic (exact) mass is 961 g/mol. The Bertz CT molecular complexity index is 4120. The van der Waals surface area contributed by atoms with Crippen molar-refractivity contribution in [2.75, 3.05) is 0 Å². The molecule has 0 unspecified atom stereocenters. The summed E-state index contributed by atoms with van der Waals surface area (Å²) in [5.74, 6) is 3.15. The van der Waals surface area contributed by atoms with Gasteiger partial charge < -0.3 is 9.84 Å². The van der Waals surface area contributed by atoms with E-state index in [1.54, 1.807) is 0 Å². The van der Waals surface area contributed by atoms with E-state index in [-0.39, 0.29) is 35.1 Å². The van der Waals surface area contributed by atoms with E-state index in [9.17, 15) is 5.11 Å². The first kappa shape index (κ1) is 45.9. The van der Waals surface area contributed by atoms with Crippen molar-refractivity contribution in [1.82, 2.24) is 14.5 Å². The molecule has 0 atom stereocenters. The number of phenolic OH excluding ortho intramolecular Hbond substituents is 1. The summed E-state index contributed by atoms with van der Waals surface area (Å²) < 4.78 is 8.98. The van der Waals surface area contributed by atoms with Crippen molar-refractivity contribution in [1.29, 1.82) is 0 Å². The summed E-state index contributed by atoms with van der Waals surface area (Å²) in [5, 5.41) is 18.6. The molecule has 0 bridgehead atoms. The number of aromatic nitrogens is 3. The number of phenols is 1. The van der Waals surface area contributed by atoms with Crippen LogP contribution in [0, 0.1) is 0 Å². The summed E-state index contributed by atoms with van der Waals surface area (Å²) in [6.45, 7) is 22.5. The number of pyridine rings is 1. The summed E-state index contributed by atoms with van der Waals surface area (Å²) in [7, 11) is 0. The largest absolute Gasteiger partial charge is 0.507 e. The molecule has 0 amide bonds. The lowest BCUT2D eigenvalue weighted by Crippen LogP contribution is -2.51. The van der Waals surface area contributed by atoms with Crippen LogP contribution in [0.4, 0.5) is 0 Å². The third-order valence-corrected chi connectivity index (χ3v) is 16.0. The normalized spacial score (nSPS) is 13.1. The number of nitrogens with zero attached hydrogens (tertiary/aromatic N) is 3. The van der Waals surface area contributed by atoms with Gasteiger partial charge in [0.2, 0.25) is 0 Å². The smallest absolute Gasteiger partial charge is 0.252 e. The first-order chi connectivity index (χ1) is 35.6. The zero-order valence-electron chi connectivity index (χ0n) is 44.0. The minimum atomic E-state index is -0.340. The van der Waals surface area contributed by atoms with Crippen molar-refractivity contribution < 1.29 is 9.84 Å². The average molecular weight is 962 g/mol. The number of ether oxygens (including phenoxy) is 1. The highest BCUT2D eigenvalue weighted by atomic mass is 16.5. The van der Waals surface area contributed by atoms with Crippen molar-refractivity contribution in [3.05, 3.63) is 186 Å². The number of benzene rings is 9. The van der Waals surface area contributed by atoms with Crippen LogP contribution in [0.2, 0.25) is 0 Å². The van der Waals surface area contributed by atoms with Crippen LogP contribution in [-0.4, -0.2) is 26.4 Å². The highest BCUT2D eigenvalue weighted by molar-refractivity contribution is 7.00. The number of hydrogen-bond acceptors (Lipinski definition) is 4. The molecular formula is C68H60BN3O2. The van der Waals surface area contributed by atoms with Crippen LogP contribution in [0.15, 0.2) is 164 Å². The topological polar surface area (TPSA) is 60.2 Å². The zero-order valence-corrected chi connectivity index (χ0v) is 44.0. The third-order valence-electron chi connectivity index (χ3n) is 16.0. The maximum absolute atomic E-state index is 12.8. The predicted octanol–water partition coefficient (Wildman–Crippen LogP) is 16.0. The standard InChI is InChI=1S/C68H60BN3O2/c1-38(2)49-34-41(40-20-12-11-13-21-40)35-50(39(3)4)64(49)72-56-27-18-24-46(63(56)71-66(72)51-36-42(67(5,6)7)37-52(65(51)73)68(8,9)10)55-33-31-45-43-22-14-15-23-44(43)59-48(62(45)70-55)30-32-54-60(59)47-25-19-29-58-61(47)69(54)53-26-16-17-28-57(53)74-58/h11-39,73H,1-10H3. The molecule has 362 valence electrons. The van der Waals surface area contributed by atoms with E-state index in [0.717, 1.165) is 72.5 Å². The zero-order chi connectivity index (χ0) is 51.1. The van der Waals surface area contributed by atoms with Crippen LogP contribution in [0.3, 0.4) is 0 Å². The molecule has 0 spiro atoms. The number of hydrogen-bond donors (Lipinski definition) is 1. The molecule has 2 aliphatic heterocycles. The van der Waals surface area contributed by atoms with Crippen LogP contribution in [0.1, 0.15) is 103 Å². The van der Waals surface area contributed by atoms with E-state index in [4.69, 9.17) is 14.7 Å². The van der Waals surface area contributed by atoms with E-state index in [0.29, 0.717) is 5.82 Å². The van der Waals surface area contributed by atoms with Gasteiger partial charge in [-0.15, -0.1) is 0 Å². The van der Waals surface area contributed by atoms with E-state index < -0.39 is 0 Å². The Hall–Kier alpha value is -7.96. The molecular weight excluding hydrogens is 902 g/mol. The van der Waals surface area contributed by atoms with Gasteiger partial charge in [0.15, 0.2) is 0 Å².